The van der Waals surface area contributed by atoms with E-state index in [0.717, 1.165) is 11.1 Å². The monoisotopic (exact) mass is 276 g/mol. The molecule has 0 amide bonds. The number of rotatable bonds is 4. The highest BCUT2D eigenvalue weighted by molar-refractivity contribution is 7.90. The molecule has 0 bridgehead atoms. The van der Waals surface area contributed by atoms with Gasteiger partial charge in [-0.05, 0) is 23.3 Å². The van der Waals surface area contributed by atoms with Gasteiger partial charge in [0.15, 0.2) is 9.84 Å². The Morgan fingerprint density at radius 3 is 2.21 bits per heavy atom. The lowest BCUT2D eigenvalue weighted by molar-refractivity contribution is 0.600. The van der Waals surface area contributed by atoms with Gasteiger partial charge in [-0.25, -0.2) is 13.8 Å². The Bertz CT molecular complexity index is 654. The van der Waals surface area contributed by atoms with Crippen LogP contribution in [0, 0.1) is 0 Å². The van der Waals surface area contributed by atoms with Gasteiger partial charge >= 0.3 is 0 Å². The first-order valence-electron chi connectivity index (χ1n) is 5.83. The van der Waals surface area contributed by atoms with Crippen LogP contribution in [0.4, 0.5) is 0 Å². The van der Waals surface area contributed by atoms with E-state index >= 15 is 0 Å². The van der Waals surface area contributed by atoms with E-state index < -0.39 is 9.84 Å². The molecule has 4 nitrogen and oxygen atoms in total. The normalized spacial score (nSPS) is 13.2. The van der Waals surface area contributed by atoms with E-state index in [1.807, 2.05) is 36.4 Å². The number of benzene rings is 2. The van der Waals surface area contributed by atoms with Gasteiger partial charge in [0.2, 0.25) is 0 Å². The predicted octanol–water partition coefficient (Wildman–Crippen LogP) is 1.64. The molecular formula is C14H16N2O2S. The molecule has 3 N–H and O–H groups in total. The average Bonchev–Trinajstić information content (AvgIpc) is 2.40. The van der Waals surface area contributed by atoms with E-state index in [0.29, 0.717) is 4.90 Å². The Balaban J connectivity index is 2.45. The van der Waals surface area contributed by atoms with Crippen LogP contribution in [0.5, 0.6) is 0 Å². The summed E-state index contributed by atoms with van der Waals surface area (Å²) in [5.41, 5.74) is 4.52. The summed E-state index contributed by atoms with van der Waals surface area (Å²) >= 11 is 0. The van der Waals surface area contributed by atoms with Crippen LogP contribution in [-0.4, -0.2) is 14.7 Å². The molecule has 2 aromatic rings. The van der Waals surface area contributed by atoms with Crippen molar-refractivity contribution in [2.75, 3.05) is 6.26 Å². The Labute approximate surface area is 113 Å². The van der Waals surface area contributed by atoms with Gasteiger partial charge in [0.05, 0.1) is 10.9 Å². The summed E-state index contributed by atoms with van der Waals surface area (Å²) in [6.45, 7) is 0. The third-order valence-electron chi connectivity index (χ3n) is 2.92. The summed E-state index contributed by atoms with van der Waals surface area (Å²) in [4.78, 5) is 0.293. The first-order valence-corrected chi connectivity index (χ1v) is 7.72. The minimum absolute atomic E-state index is 0.233. The quantitative estimate of drug-likeness (QED) is 0.658. The second-order valence-electron chi connectivity index (χ2n) is 4.36. The summed E-state index contributed by atoms with van der Waals surface area (Å²) in [6, 6.07) is 16.2. The van der Waals surface area contributed by atoms with Gasteiger partial charge in [-0.3, -0.25) is 5.84 Å². The van der Waals surface area contributed by atoms with Crippen molar-refractivity contribution in [1.29, 1.82) is 0 Å². The number of hydrogen-bond donors (Lipinski definition) is 2. The summed E-state index contributed by atoms with van der Waals surface area (Å²) in [6.07, 6.45) is 1.19. The molecule has 100 valence electrons. The van der Waals surface area contributed by atoms with Crippen molar-refractivity contribution in [2.45, 2.75) is 10.9 Å². The lowest BCUT2D eigenvalue weighted by Gasteiger charge is -2.17. The molecule has 0 spiro atoms. The Morgan fingerprint density at radius 2 is 1.63 bits per heavy atom. The maximum absolute atomic E-state index is 11.6. The van der Waals surface area contributed by atoms with Gasteiger partial charge < -0.3 is 0 Å². The van der Waals surface area contributed by atoms with Gasteiger partial charge in [-0.1, -0.05) is 42.5 Å². The van der Waals surface area contributed by atoms with Gasteiger partial charge in [0.1, 0.15) is 0 Å². The largest absolute Gasteiger partial charge is 0.271 e. The molecule has 1 atom stereocenters. The summed E-state index contributed by atoms with van der Waals surface area (Å²) < 4.78 is 23.2. The van der Waals surface area contributed by atoms with Gasteiger partial charge in [0, 0.05) is 6.26 Å². The molecule has 0 aromatic heterocycles. The van der Waals surface area contributed by atoms with E-state index in [2.05, 4.69) is 5.43 Å². The molecule has 2 rings (SSSR count). The molecule has 0 heterocycles. The van der Waals surface area contributed by atoms with Crippen LogP contribution in [0.15, 0.2) is 59.5 Å². The van der Waals surface area contributed by atoms with Crippen LogP contribution in [0.3, 0.4) is 0 Å². The number of nitrogens with one attached hydrogen (secondary N) is 1. The fraction of sp³-hybridized carbons (Fsp3) is 0.143. The van der Waals surface area contributed by atoms with Crippen molar-refractivity contribution in [2.24, 2.45) is 5.84 Å². The van der Waals surface area contributed by atoms with Crippen molar-refractivity contribution >= 4 is 9.84 Å². The van der Waals surface area contributed by atoms with Crippen LogP contribution in [-0.2, 0) is 9.84 Å². The van der Waals surface area contributed by atoms with E-state index in [1.165, 1.54) is 6.26 Å². The van der Waals surface area contributed by atoms with Gasteiger partial charge in [-0.15, -0.1) is 0 Å². The molecule has 0 aliphatic rings. The fourth-order valence-electron chi connectivity index (χ4n) is 1.96. The van der Waals surface area contributed by atoms with E-state index in [-0.39, 0.29) is 6.04 Å². The van der Waals surface area contributed by atoms with Crippen LogP contribution in [0.1, 0.15) is 17.2 Å². The first kappa shape index (κ1) is 13.7. The van der Waals surface area contributed by atoms with Gasteiger partial charge in [0.25, 0.3) is 0 Å². The molecular weight excluding hydrogens is 260 g/mol. The zero-order valence-electron chi connectivity index (χ0n) is 10.6. The minimum atomic E-state index is -3.22. The number of hydrazine groups is 1. The van der Waals surface area contributed by atoms with Crippen molar-refractivity contribution < 1.29 is 8.42 Å². The third kappa shape index (κ3) is 3.20. The zero-order valence-corrected chi connectivity index (χ0v) is 11.4. The zero-order chi connectivity index (χ0) is 13.9. The summed E-state index contributed by atoms with van der Waals surface area (Å²) in [7, 11) is -3.22. The van der Waals surface area contributed by atoms with Crippen LogP contribution < -0.4 is 11.3 Å². The summed E-state index contributed by atoms with van der Waals surface area (Å²) in [5, 5.41) is 0. The van der Waals surface area contributed by atoms with Gasteiger partial charge in [-0.2, -0.15) is 0 Å². The highest BCUT2D eigenvalue weighted by Gasteiger charge is 2.14. The van der Waals surface area contributed by atoms with Crippen molar-refractivity contribution in [3.8, 4) is 0 Å². The predicted molar refractivity (Wildman–Crippen MR) is 75.2 cm³/mol. The summed E-state index contributed by atoms with van der Waals surface area (Å²) in [5.74, 6) is 5.60. The number of hydrogen-bond acceptors (Lipinski definition) is 4. The third-order valence-corrected chi connectivity index (χ3v) is 4.03. The number of sulfone groups is 1. The molecule has 0 aliphatic heterocycles. The lowest BCUT2D eigenvalue weighted by Crippen LogP contribution is -2.28. The Morgan fingerprint density at radius 1 is 1.00 bits per heavy atom. The highest BCUT2D eigenvalue weighted by atomic mass is 32.2. The second kappa shape index (κ2) is 5.52. The van der Waals surface area contributed by atoms with Crippen molar-refractivity contribution in [1.82, 2.24) is 5.43 Å². The molecule has 5 heteroatoms. The SMILES string of the molecule is CS(=O)(=O)c1cccc(C(NN)c2ccccc2)c1. The van der Waals surface area contributed by atoms with Crippen LogP contribution in [0.25, 0.3) is 0 Å². The molecule has 0 saturated heterocycles. The Kier molecular flexibility index (Phi) is 3.99. The molecule has 19 heavy (non-hydrogen) atoms. The maximum atomic E-state index is 11.6. The molecule has 0 radical (unpaired) electrons. The van der Waals surface area contributed by atoms with E-state index in [4.69, 9.17) is 5.84 Å². The topological polar surface area (TPSA) is 72.2 Å². The van der Waals surface area contributed by atoms with Crippen molar-refractivity contribution in [3.05, 3.63) is 65.7 Å². The minimum Gasteiger partial charge on any atom is -0.271 e. The molecule has 2 aromatic carbocycles. The van der Waals surface area contributed by atoms with Crippen LogP contribution >= 0.6 is 0 Å². The van der Waals surface area contributed by atoms with E-state index in [9.17, 15) is 8.42 Å². The Hall–Kier alpha value is -1.69. The average molecular weight is 276 g/mol. The fourth-order valence-corrected chi connectivity index (χ4v) is 2.63. The molecule has 0 fully saturated rings. The standard InChI is InChI=1S/C14H16N2O2S/c1-19(17,18)13-9-5-8-12(10-13)14(16-15)11-6-3-2-4-7-11/h2-10,14,16H,15H2,1H3. The van der Waals surface area contributed by atoms with E-state index in [1.54, 1.807) is 18.2 Å². The van der Waals surface area contributed by atoms with Crippen LogP contribution in [0.2, 0.25) is 0 Å². The lowest BCUT2D eigenvalue weighted by atomic mass is 9.99. The number of nitrogens with two attached hydrogens (primary N) is 1. The molecule has 1 unspecified atom stereocenters. The molecule has 0 aliphatic carbocycles. The maximum Gasteiger partial charge on any atom is 0.175 e. The first-order chi connectivity index (χ1) is 9.02. The second-order valence-corrected chi connectivity index (χ2v) is 6.37. The molecule has 0 saturated carbocycles. The highest BCUT2D eigenvalue weighted by Crippen LogP contribution is 2.23. The van der Waals surface area contributed by atoms with Crippen molar-refractivity contribution in [3.63, 3.8) is 0 Å². The smallest absolute Gasteiger partial charge is 0.175 e.